The van der Waals surface area contributed by atoms with Gasteiger partial charge in [-0.25, -0.2) is 4.68 Å². The molecule has 0 atom stereocenters. The number of para-hydroxylation sites is 1. The van der Waals surface area contributed by atoms with E-state index >= 15 is 0 Å². The maximum absolute atomic E-state index is 11.1. The van der Waals surface area contributed by atoms with E-state index in [1.54, 1.807) is 6.07 Å². The third-order valence-electron chi connectivity index (χ3n) is 1.86. The van der Waals surface area contributed by atoms with Gasteiger partial charge in [0.15, 0.2) is 0 Å². The fourth-order valence-electron chi connectivity index (χ4n) is 1.21. The van der Waals surface area contributed by atoms with Crippen LogP contribution in [0.5, 0.6) is 0 Å². The van der Waals surface area contributed by atoms with Gasteiger partial charge in [-0.2, -0.15) is 13.6 Å². The van der Waals surface area contributed by atoms with Crippen LogP contribution in [-0.2, 0) is 10.1 Å². The Morgan fingerprint density at radius 3 is 2.62 bits per heavy atom. The van der Waals surface area contributed by atoms with Gasteiger partial charge < -0.3 is 0 Å². The van der Waals surface area contributed by atoms with E-state index in [1.807, 2.05) is 0 Å². The Morgan fingerprint density at radius 1 is 1.38 bits per heavy atom. The molecule has 0 aliphatic carbocycles. The number of aromatic nitrogens is 4. The number of rotatable bonds is 2. The lowest BCUT2D eigenvalue weighted by atomic mass is 10.3. The predicted octanol–water partition coefficient (Wildman–Crippen LogP) is 0.572. The first kappa shape index (κ1) is 10.9. The van der Waals surface area contributed by atoms with Crippen molar-refractivity contribution < 1.29 is 13.0 Å². The fraction of sp³-hybridized carbons (Fsp3) is 0. The van der Waals surface area contributed by atoms with Crippen LogP contribution >= 0.6 is 12.2 Å². The quantitative estimate of drug-likeness (QED) is 0.603. The monoisotopic (exact) mass is 258 g/mol. The van der Waals surface area contributed by atoms with E-state index in [2.05, 4.69) is 15.5 Å². The summed E-state index contributed by atoms with van der Waals surface area (Å²) in [6.45, 7) is 0. The van der Waals surface area contributed by atoms with Gasteiger partial charge in [0.2, 0.25) is 4.77 Å². The topological polar surface area (TPSA) is 101 Å². The lowest BCUT2D eigenvalue weighted by molar-refractivity contribution is 0.482. The van der Waals surface area contributed by atoms with Crippen molar-refractivity contribution in [3.63, 3.8) is 0 Å². The summed E-state index contributed by atoms with van der Waals surface area (Å²) in [7, 11) is -4.32. The Bertz CT molecular complexity index is 673. The molecule has 1 heterocycles. The summed E-state index contributed by atoms with van der Waals surface area (Å²) in [5.41, 5.74) is 0.167. The van der Waals surface area contributed by atoms with Gasteiger partial charge in [-0.15, -0.1) is 0 Å². The molecule has 0 aliphatic heterocycles. The van der Waals surface area contributed by atoms with Crippen LogP contribution in [0.2, 0.25) is 0 Å². The molecule has 0 fully saturated rings. The molecule has 2 rings (SSSR count). The lowest BCUT2D eigenvalue weighted by Gasteiger charge is -2.05. The van der Waals surface area contributed by atoms with E-state index in [0.717, 1.165) is 0 Å². The number of nitrogens with zero attached hydrogens (tertiary/aromatic N) is 3. The van der Waals surface area contributed by atoms with E-state index in [1.165, 1.54) is 22.9 Å². The summed E-state index contributed by atoms with van der Waals surface area (Å²) in [4.78, 5) is -0.267. The van der Waals surface area contributed by atoms with Crippen molar-refractivity contribution in [1.82, 2.24) is 20.2 Å². The van der Waals surface area contributed by atoms with Crippen molar-refractivity contribution in [1.29, 1.82) is 0 Å². The van der Waals surface area contributed by atoms with E-state index in [0.29, 0.717) is 0 Å². The molecule has 0 spiro atoms. The molecule has 0 saturated heterocycles. The Labute approximate surface area is 95.5 Å². The first-order chi connectivity index (χ1) is 7.50. The molecule has 0 aliphatic rings. The summed E-state index contributed by atoms with van der Waals surface area (Å²) in [6, 6.07) is 5.82. The minimum absolute atomic E-state index is 0.0658. The summed E-state index contributed by atoms with van der Waals surface area (Å²) in [5.74, 6) is 0. The predicted molar refractivity (Wildman–Crippen MR) is 56.4 cm³/mol. The van der Waals surface area contributed by atoms with Crippen LogP contribution < -0.4 is 0 Å². The van der Waals surface area contributed by atoms with Gasteiger partial charge in [0.1, 0.15) is 4.90 Å². The van der Waals surface area contributed by atoms with E-state index in [9.17, 15) is 8.42 Å². The van der Waals surface area contributed by atoms with Crippen molar-refractivity contribution in [2.45, 2.75) is 4.90 Å². The van der Waals surface area contributed by atoms with Crippen molar-refractivity contribution >= 4 is 22.3 Å². The number of hydrogen-bond acceptors (Lipinski definition) is 5. The molecule has 1 aromatic carbocycles. The highest BCUT2D eigenvalue weighted by atomic mass is 32.2. The molecular formula is C7H6N4O3S2. The standard InChI is InChI=1S/C7H6N4O3S2/c12-16(13,14)6-4-2-1-3-5(6)11-7(15)8-9-10-11/h1-4H,(H,8,10,15)(H,12,13,14). The van der Waals surface area contributed by atoms with Crippen LogP contribution in [0, 0.1) is 4.77 Å². The first-order valence-corrected chi connectivity index (χ1v) is 5.92. The van der Waals surface area contributed by atoms with Crippen LogP contribution in [0.1, 0.15) is 0 Å². The van der Waals surface area contributed by atoms with Crippen molar-refractivity contribution in [2.75, 3.05) is 0 Å². The molecule has 16 heavy (non-hydrogen) atoms. The average molecular weight is 258 g/mol. The van der Waals surface area contributed by atoms with Gasteiger partial charge >= 0.3 is 0 Å². The molecule has 2 N–H and O–H groups in total. The van der Waals surface area contributed by atoms with Crippen molar-refractivity contribution in [3.8, 4) is 5.69 Å². The normalized spacial score (nSPS) is 11.6. The van der Waals surface area contributed by atoms with Crippen LogP contribution in [0.15, 0.2) is 29.2 Å². The second kappa shape index (κ2) is 3.77. The third-order valence-corrected chi connectivity index (χ3v) is 3.02. The minimum atomic E-state index is -4.32. The zero-order chi connectivity index (χ0) is 11.8. The Kier molecular flexibility index (Phi) is 2.58. The summed E-state index contributed by atoms with van der Waals surface area (Å²) >= 11 is 4.83. The first-order valence-electron chi connectivity index (χ1n) is 4.07. The van der Waals surface area contributed by atoms with E-state index in [-0.39, 0.29) is 15.4 Å². The van der Waals surface area contributed by atoms with Gasteiger partial charge in [-0.3, -0.25) is 4.55 Å². The molecule has 0 amide bonds. The zero-order valence-electron chi connectivity index (χ0n) is 7.73. The SMILES string of the molecule is O=S(=O)(O)c1ccccc1-n1[nH]nnc1=S. The van der Waals surface area contributed by atoms with Gasteiger partial charge in [0.05, 0.1) is 5.69 Å². The smallest absolute Gasteiger partial charge is 0.282 e. The minimum Gasteiger partial charge on any atom is -0.282 e. The summed E-state index contributed by atoms with van der Waals surface area (Å²) < 4.78 is 32.5. The highest BCUT2D eigenvalue weighted by Crippen LogP contribution is 2.18. The van der Waals surface area contributed by atoms with Crippen LogP contribution in [-0.4, -0.2) is 33.2 Å². The number of H-pyrrole nitrogens is 1. The number of aromatic amines is 1. The zero-order valence-corrected chi connectivity index (χ0v) is 9.36. The molecule has 0 bridgehead atoms. The maximum atomic E-state index is 11.1. The molecule has 0 radical (unpaired) electrons. The molecule has 1 aromatic heterocycles. The van der Waals surface area contributed by atoms with Crippen LogP contribution in [0.3, 0.4) is 0 Å². The second-order valence-electron chi connectivity index (χ2n) is 2.86. The van der Waals surface area contributed by atoms with Gasteiger partial charge in [0, 0.05) is 0 Å². The van der Waals surface area contributed by atoms with E-state index < -0.39 is 10.1 Å². The number of benzene rings is 1. The molecule has 0 unspecified atom stereocenters. The number of nitrogens with one attached hydrogen (secondary N) is 1. The third kappa shape index (κ3) is 1.87. The molecular weight excluding hydrogens is 252 g/mol. The highest BCUT2D eigenvalue weighted by molar-refractivity contribution is 7.86. The second-order valence-corrected chi connectivity index (χ2v) is 4.62. The Hall–Kier alpha value is -1.58. The van der Waals surface area contributed by atoms with Gasteiger partial charge in [-0.1, -0.05) is 22.4 Å². The number of tetrazole rings is 1. The molecule has 9 heteroatoms. The average Bonchev–Trinajstić information content (AvgIpc) is 2.63. The van der Waals surface area contributed by atoms with Crippen molar-refractivity contribution in [2.24, 2.45) is 0 Å². The number of hydrogen-bond donors (Lipinski definition) is 2. The molecule has 7 nitrogen and oxygen atoms in total. The van der Waals surface area contributed by atoms with Gasteiger partial charge in [-0.05, 0) is 24.4 Å². The lowest BCUT2D eigenvalue weighted by Crippen LogP contribution is -2.06. The summed E-state index contributed by atoms with van der Waals surface area (Å²) in [5, 5.41) is 9.35. The largest absolute Gasteiger partial charge is 0.296 e. The van der Waals surface area contributed by atoms with Crippen LogP contribution in [0.25, 0.3) is 5.69 Å². The Balaban J connectivity index is 2.77. The summed E-state index contributed by atoms with van der Waals surface area (Å²) in [6.07, 6.45) is 0. The molecule has 0 saturated carbocycles. The highest BCUT2D eigenvalue weighted by Gasteiger charge is 2.16. The fourth-order valence-corrected chi connectivity index (χ4v) is 2.07. The molecule has 2 aromatic rings. The maximum Gasteiger partial charge on any atom is 0.296 e. The van der Waals surface area contributed by atoms with Crippen molar-refractivity contribution in [3.05, 3.63) is 29.0 Å². The van der Waals surface area contributed by atoms with Crippen LogP contribution in [0.4, 0.5) is 0 Å². The Morgan fingerprint density at radius 2 is 2.06 bits per heavy atom. The van der Waals surface area contributed by atoms with E-state index in [4.69, 9.17) is 16.8 Å². The van der Waals surface area contributed by atoms with Gasteiger partial charge in [0.25, 0.3) is 10.1 Å². The molecule has 84 valence electrons.